The van der Waals surface area contributed by atoms with Crippen molar-refractivity contribution in [3.8, 4) is 73.3 Å². The quantitative estimate of drug-likeness (QED) is 0.160. The summed E-state index contributed by atoms with van der Waals surface area (Å²) in [7, 11) is 0. The highest BCUT2D eigenvalue weighted by Crippen LogP contribution is 2.43. The monoisotopic (exact) mass is 842 g/mol. The molecule has 66 heavy (non-hydrogen) atoms. The van der Waals surface area contributed by atoms with Crippen LogP contribution < -0.4 is 0 Å². The van der Waals surface area contributed by atoms with E-state index in [4.69, 9.17) is 4.98 Å². The summed E-state index contributed by atoms with van der Waals surface area (Å²) in [6.07, 6.45) is 0. The Kier molecular flexibility index (Phi) is 9.29. The SMILES string of the molecule is Cc1cccc(-c2ccc3c(c2)c2ccccc2n3-c2cc(-c3cc(-c4ccccc4)nc(-c4ccccc4)c3)c(-n3c4ccccc4c4cc(-c5cccc(C)c5)ccc43)cc2C#N)c1. The number of nitrogens with zero attached hydrogens (tertiary/aromatic N) is 4. The standard InChI is InChI=1S/C62H42N4/c1-40-15-13-21-44(31-40)46-27-29-59-53(33-46)50-23-9-11-25-57(50)65(59)61-38-52(48-35-55(42-17-5-3-6-18-42)64-56(36-48)43-19-7-4-8-20-43)62(37-49(61)39-63)66-58-26-12-10-24-51(58)54-34-47(28-30-60(54)66)45-22-14-16-41(2)32-45/h3-38H,1-2H3. The Hall–Kier alpha value is -8.78. The van der Waals surface area contributed by atoms with Gasteiger partial charge in [-0.3, -0.25) is 0 Å². The summed E-state index contributed by atoms with van der Waals surface area (Å²) in [5, 5.41) is 15.9. The number of rotatable bonds is 7. The Labute approximate surface area is 383 Å². The van der Waals surface area contributed by atoms with Crippen LogP contribution in [0.2, 0.25) is 0 Å². The van der Waals surface area contributed by atoms with Crippen molar-refractivity contribution < 1.29 is 0 Å². The minimum absolute atomic E-state index is 0.571. The predicted molar refractivity (Wildman–Crippen MR) is 274 cm³/mol. The van der Waals surface area contributed by atoms with E-state index < -0.39 is 0 Å². The molecule has 0 atom stereocenters. The predicted octanol–water partition coefficient (Wildman–Crippen LogP) is 16.1. The Balaban J connectivity index is 1.18. The van der Waals surface area contributed by atoms with Crippen LogP contribution in [0, 0.1) is 25.2 Å². The maximum atomic E-state index is 11.4. The minimum atomic E-state index is 0.571. The summed E-state index contributed by atoms with van der Waals surface area (Å²) in [6.45, 7) is 4.27. The number of nitriles is 1. The summed E-state index contributed by atoms with van der Waals surface area (Å²) < 4.78 is 4.64. The molecule has 0 N–H and O–H groups in total. The third-order valence-electron chi connectivity index (χ3n) is 13.0. The van der Waals surface area contributed by atoms with Crippen molar-refractivity contribution in [1.82, 2.24) is 14.1 Å². The minimum Gasteiger partial charge on any atom is -0.309 e. The van der Waals surface area contributed by atoms with Crippen LogP contribution in [-0.2, 0) is 0 Å². The van der Waals surface area contributed by atoms with Crippen LogP contribution in [0.4, 0.5) is 0 Å². The first-order valence-corrected chi connectivity index (χ1v) is 22.4. The van der Waals surface area contributed by atoms with Crippen molar-refractivity contribution in [3.63, 3.8) is 0 Å². The summed E-state index contributed by atoms with van der Waals surface area (Å²) in [5.74, 6) is 0. The maximum Gasteiger partial charge on any atom is 0.101 e. The van der Waals surface area contributed by atoms with Gasteiger partial charge in [-0.1, -0.05) is 169 Å². The van der Waals surface area contributed by atoms with Gasteiger partial charge in [0.05, 0.1) is 50.4 Å². The van der Waals surface area contributed by atoms with Gasteiger partial charge in [-0.05, 0) is 102 Å². The molecule has 0 saturated heterocycles. The molecule has 0 aliphatic heterocycles. The lowest BCUT2D eigenvalue weighted by Crippen LogP contribution is -2.04. The lowest BCUT2D eigenvalue weighted by molar-refractivity contribution is 1.13. The molecule has 3 heterocycles. The van der Waals surface area contributed by atoms with Gasteiger partial charge in [0.2, 0.25) is 0 Å². The highest BCUT2D eigenvalue weighted by Gasteiger charge is 2.23. The molecular weight excluding hydrogens is 801 g/mol. The molecule has 0 amide bonds. The number of benzene rings is 9. The van der Waals surface area contributed by atoms with Crippen LogP contribution in [0.5, 0.6) is 0 Å². The molecule has 9 aromatic carbocycles. The van der Waals surface area contributed by atoms with Crippen molar-refractivity contribution in [1.29, 1.82) is 5.26 Å². The van der Waals surface area contributed by atoms with Gasteiger partial charge in [0, 0.05) is 38.2 Å². The first kappa shape index (κ1) is 38.9. The third kappa shape index (κ3) is 6.57. The second-order valence-corrected chi connectivity index (χ2v) is 17.3. The number of aryl methyl sites for hydroxylation is 2. The second kappa shape index (κ2) is 15.8. The van der Waals surface area contributed by atoms with Gasteiger partial charge in [0.15, 0.2) is 0 Å². The van der Waals surface area contributed by atoms with Crippen LogP contribution >= 0.6 is 0 Å². The first-order chi connectivity index (χ1) is 32.5. The molecular formula is C62H42N4. The summed E-state index contributed by atoms with van der Waals surface area (Å²) >= 11 is 0. The fourth-order valence-electron chi connectivity index (χ4n) is 9.94. The molecule has 12 rings (SSSR count). The lowest BCUT2D eigenvalue weighted by atomic mass is 9.96. The van der Waals surface area contributed by atoms with E-state index in [0.29, 0.717) is 5.56 Å². The third-order valence-corrected chi connectivity index (χ3v) is 13.0. The number of aromatic nitrogens is 3. The second-order valence-electron chi connectivity index (χ2n) is 17.3. The first-order valence-electron chi connectivity index (χ1n) is 22.4. The molecule has 12 aromatic rings. The Morgan fingerprint density at radius 1 is 0.348 bits per heavy atom. The van der Waals surface area contributed by atoms with E-state index in [1.165, 1.54) is 22.3 Å². The van der Waals surface area contributed by atoms with E-state index in [-0.39, 0.29) is 0 Å². The largest absolute Gasteiger partial charge is 0.309 e. The van der Waals surface area contributed by atoms with Gasteiger partial charge in [-0.2, -0.15) is 5.26 Å². The molecule has 0 spiro atoms. The van der Waals surface area contributed by atoms with Gasteiger partial charge in [-0.25, -0.2) is 4.98 Å². The van der Waals surface area contributed by atoms with Gasteiger partial charge >= 0.3 is 0 Å². The molecule has 0 unspecified atom stereocenters. The Morgan fingerprint density at radius 2 is 0.788 bits per heavy atom. The number of para-hydroxylation sites is 2. The van der Waals surface area contributed by atoms with E-state index in [1.807, 2.05) is 12.1 Å². The maximum absolute atomic E-state index is 11.4. The van der Waals surface area contributed by atoms with Crippen LogP contribution in [-0.4, -0.2) is 14.1 Å². The number of hydrogen-bond acceptors (Lipinski definition) is 2. The topological polar surface area (TPSA) is 46.5 Å². The molecule has 4 nitrogen and oxygen atoms in total. The fourth-order valence-corrected chi connectivity index (χ4v) is 9.94. The van der Waals surface area contributed by atoms with E-state index >= 15 is 0 Å². The molecule has 0 aliphatic carbocycles. The number of pyridine rings is 1. The van der Waals surface area contributed by atoms with E-state index in [2.05, 4.69) is 235 Å². The van der Waals surface area contributed by atoms with Crippen molar-refractivity contribution in [2.45, 2.75) is 13.8 Å². The summed E-state index contributed by atoms with van der Waals surface area (Å²) in [6, 6.07) is 80.3. The average Bonchev–Trinajstić information content (AvgIpc) is 3.88. The van der Waals surface area contributed by atoms with E-state index in [9.17, 15) is 5.26 Å². The highest BCUT2D eigenvalue weighted by molar-refractivity contribution is 6.12. The van der Waals surface area contributed by atoms with Crippen molar-refractivity contribution in [2.24, 2.45) is 0 Å². The van der Waals surface area contributed by atoms with Gasteiger partial charge in [-0.15, -0.1) is 0 Å². The highest BCUT2D eigenvalue weighted by atomic mass is 15.0. The molecule has 0 bridgehead atoms. The number of fused-ring (bicyclic) bond motifs is 6. The zero-order chi connectivity index (χ0) is 44.3. The molecule has 0 fully saturated rings. The van der Waals surface area contributed by atoms with Crippen molar-refractivity contribution in [2.75, 3.05) is 0 Å². The van der Waals surface area contributed by atoms with E-state index in [0.717, 1.165) is 99.8 Å². The zero-order valence-corrected chi connectivity index (χ0v) is 36.6. The van der Waals surface area contributed by atoms with Gasteiger partial charge in [0.25, 0.3) is 0 Å². The normalized spacial score (nSPS) is 11.5. The van der Waals surface area contributed by atoms with Gasteiger partial charge < -0.3 is 9.13 Å². The fraction of sp³-hybridized carbons (Fsp3) is 0.0323. The van der Waals surface area contributed by atoms with Crippen LogP contribution in [0.1, 0.15) is 16.7 Å². The van der Waals surface area contributed by atoms with E-state index in [1.54, 1.807) is 0 Å². The Bertz CT molecular complexity index is 3850. The van der Waals surface area contributed by atoms with Crippen LogP contribution in [0.15, 0.2) is 218 Å². The molecule has 0 aliphatic rings. The summed E-state index contributed by atoms with van der Waals surface area (Å²) in [4.78, 5) is 5.30. The molecule has 0 radical (unpaired) electrons. The number of hydrogen-bond donors (Lipinski definition) is 0. The molecule has 4 heteroatoms. The molecule has 0 saturated carbocycles. The van der Waals surface area contributed by atoms with Crippen LogP contribution in [0.3, 0.4) is 0 Å². The Morgan fingerprint density at radius 3 is 1.29 bits per heavy atom. The lowest BCUT2D eigenvalue weighted by Gasteiger charge is -2.20. The molecule has 3 aromatic heterocycles. The van der Waals surface area contributed by atoms with Crippen molar-refractivity contribution in [3.05, 3.63) is 235 Å². The zero-order valence-electron chi connectivity index (χ0n) is 36.6. The summed E-state index contributed by atoms with van der Waals surface area (Å²) in [5.41, 5.74) is 19.4. The van der Waals surface area contributed by atoms with Crippen LogP contribution in [0.25, 0.3) is 111 Å². The smallest absolute Gasteiger partial charge is 0.101 e. The van der Waals surface area contributed by atoms with Crippen molar-refractivity contribution >= 4 is 43.6 Å². The molecule has 310 valence electrons. The average molecular weight is 843 g/mol. The van der Waals surface area contributed by atoms with Gasteiger partial charge in [0.1, 0.15) is 6.07 Å².